The van der Waals surface area contributed by atoms with E-state index in [1.807, 2.05) is 6.92 Å². The van der Waals surface area contributed by atoms with Crippen molar-refractivity contribution in [2.24, 2.45) is 0 Å². The Bertz CT molecular complexity index is 258. The van der Waals surface area contributed by atoms with Gasteiger partial charge in [-0.25, -0.2) is 0 Å². The molecule has 1 amide bonds. The van der Waals surface area contributed by atoms with Crippen molar-refractivity contribution in [1.82, 2.24) is 10.2 Å². The van der Waals surface area contributed by atoms with Gasteiger partial charge in [-0.15, -0.1) is 0 Å². The molecule has 0 spiro atoms. The summed E-state index contributed by atoms with van der Waals surface area (Å²) in [7, 11) is 0. The van der Waals surface area contributed by atoms with E-state index < -0.39 is 5.60 Å². The lowest BCUT2D eigenvalue weighted by Crippen LogP contribution is -2.67. The number of morpholine rings is 1. The van der Waals surface area contributed by atoms with Gasteiger partial charge in [0.25, 0.3) is 0 Å². The molecular weight excluding hydrogens is 208 g/mol. The van der Waals surface area contributed by atoms with Crippen molar-refractivity contribution in [3.8, 4) is 0 Å². The van der Waals surface area contributed by atoms with Crippen LogP contribution < -0.4 is 5.32 Å². The summed E-state index contributed by atoms with van der Waals surface area (Å²) in [6, 6.07) is -0.222. The minimum Gasteiger partial charge on any atom is -0.386 e. The molecule has 2 fully saturated rings. The van der Waals surface area contributed by atoms with Crippen LogP contribution in [0.2, 0.25) is 0 Å². The van der Waals surface area contributed by atoms with E-state index in [1.54, 1.807) is 4.90 Å². The van der Waals surface area contributed by atoms with Gasteiger partial charge in [0.05, 0.1) is 31.9 Å². The monoisotopic (exact) mass is 228 g/mol. The lowest BCUT2D eigenvalue weighted by Gasteiger charge is -2.47. The van der Waals surface area contributed by atoms with Gasteiger partial charge in [-0.05, 0) is 6.42 Å². The summed E-state index contributed by atoms with van der Waals surface area (Å²) in [4.78, 5) is 13.7. The number of carbonyl (C=O) groups excluding carboxylic acids is 1. The number of aliphatic hydroxyl groups is 1. The van der Waals surface area contributed by atoms with Crippen LogP contribution in [0.1, 0.15) is 19.8 Å². The van der Waals surface area contributed by atoms with Crippen molar-refractivity contribution in [3.05, 3.63) is 0 Å². The topological polar surface area (TPSA) is 61.8 Å². The Balaban J connectivity index is 1.80. The minimum absolute atomic E-state index is 0.0560. The number of hydrogen-bond donors (Lipinski definition) is 2. The predicted octanol–water partition coefficient (Wildman–Crippen LogP) is -0.652. The van der Waals surface area contributed by atoms with E-state index in [0.717, 1.165) is 19.4 Å². The van der Waals surface area contributed by atoms with Gasteiger partial charge in [0.1, 0.15) is 6.04 Å². The molecule has 1 atom stereocenters. The molecular formula is C11H20N2O3. The van der Waals surface area contributed by atoms with Crippen molar-refractivity contribution >= 4 is 5.91 Å². The molecule has 0 saturated carbocycles. The van der Waals surface area contributed by atoms with Gasteiger partial charge in [0, 0.05) is 6.54 Å². The highest BCUT2D eigenvalue weighted by Gasteiger charge is 2.44. The summed E-state index contributed by atoms with van der Waals surface area (Å²) in [5.41, 5.74) is -0.639. The van der Waals surface area contributed by atoms with E-state index in [0.29, 0.717) is 26.3 Å². The number of amides is 1. The van der Waals surface area contributed by atoms with Crippen molar-refractivity contribution in [1.29, 1.82) is 0 Å². The maximum Gasteiger partial charge on any atom is 0.242 e. The summed E-state index contributed by atoms with van der Waals surface area (Å²) < 4.78 is 5.25. The highest BCUT2D eigenvalue weighted by Crippen LogP contribution is 2.26. The van der Waals surface area contributed by atoms with Crippen LogP contribution in [0.25, 0.3) is 0 Å². The third kappa shape index (κ3) is 2.36. The maximum absolute atomic E-state index is 11.9. The molecule has 2 N–H and O–H groups in total. The van der Waals surface area contributed by atoms with E-state index in [9.17, 15) is 9.90 Å². The summed E-state index contributed by atoms with van der Waals surface area (Å²) in [6.45, 7) is 4.82. The van der Waals surface area contributed by atoms with Gasteiger partial charge in [-0.3, -0.25) is 4.79 Å². The van der Waals surface area contributed by atoms with Crippen LogP contribution in [0.15, 0.2) is 0 Å². The molecule has 2 rings (SSSR count). The fourth-order valence-electron chi connectivity index (χ4n) is 2.39. The second-order valence-corrected chi connectivity index (χ2v) is 4.75. The zero-order valence-corrected chi connectivity index (χ0v) is 9.74. The Hall–Kier alpha value is -0.650. The molecule has 0 bridgehead atoms. The average Bonchev–Trinajstić information content (AvgIpc) is 2.26. The first kappa shape index (κ1) is 11.8. The van der Waals surface area contributed by atoms with Crippen molar-refractivity contribution < 1.29 is 14.6 Å². The zero-order valence-electron chi connectivity index (χ0n) is 9.74. The molecule has 2 saturated heterocycles. The molecule has 0 radical (unpaired) electrons. The second kappa shape index (κ2) is 4.69. The summed E-state index contributed by atoms with van der Waals surface area (Å²) >= 11 is 0. The van der Waals surface area contributed by atoms with Crippen molar-refractivity contribution in [3.63, 3.8) is 0 Å². The summed E-state index contributed by atoms with van der Waals surface area (Å²) in [5.74, 6) is 0.0560. The van der Waals surface area contributed by atoms with E-state index in [1.165, 1.54) is 0 Å². The maximum atomic E-state index is 11.9. The predicted molar refractivity (Wildman–Crippen MR) is 59.0 cm³/mol. The first-order valence-corrected chi connectivity index (χ1v) is 5.97. The van der Waals surface area contributed by atoms with E-state index in [4.69, 9.17) is 4.74 Å². The molecule has 2 aliphatic rings. The highest BCUT2D eigenvalue weighted by molar-refractivity contribution is 5.83. The van der Waals surface area contributed by atoms with Gasteiger partial charge in [0.15, 0.2) is 0 Å². The normalized spacial score (nSPS) is 28.6. The Morgan fingerprint density at radius 2 is 2.38 bits per heavy atom. The summed E-state index contributed by atoms with van der Waals surface area (Å²) in [5, 5.41) is 13.1. The zero-order chi connectivity index (χ0) is 11.6. The largest absolute Gasteiger partial charge is 0.386 e. The Labute approximate surface area is 95.8 Å². The smallest absolute Gasteiger partial charge is 0.242 e. The van der Waals surface area contributed by atoms with Gasteiger partial charge < -0.3 is 20.1 Å². The number of hydrogen-bond acceptors (Lipinski definition) is 4. The molecule has 5 nitrogen and oxygen atoms in total. The number of β-amino-alcohol motifs (C(OH)–C–C–N with tert-alkyl or cyclic N) is 1. The van der Waals surface area contributed by atoms with E-state index >= 15 is 0 Å². The highest BCUT2D eigenvalue weighted by atomic mass is 16.5. The van der Waals surface area contributed by atoms with Crippen LogP contribution in [-0.2, 0) is 9.53 Å². The van der Waals surface area contributed by atoms with Crippen LogP contribution >= 0.6 is 0 Å². The SMILES string of the molecule is CCCC1(O)CN(C(=O)C2COCCN2)C1. The second-order valence-electron chi connectivity index (χ2n) is 4.75. The molecule has 1 unspecified atom stereocenters. The van der Waals surface area contributed by atoms with E-state index in [-0.39, 0.29) is 11.9 Å². The fraction of sp³-hybridized carbons (Fsp3) is 0.909. The first-order chi connectivity index (χ1) is 7.64. The van der Waals surface area contributed by atoms with Crippen molar-refractivity contribution in [2.75, 3.05) is 32.8 Å². The van der Waals surface area contributed by atoms with Gasteiger partial charge in [-0.2, -0.15) is 0 Å². The fourth-order valence-corrected chi connectivity index (χ4v) is 2.39. The number of nitrogens with one attached hydrogen (secondary N) is 1. The molecule has 5 heteroatoms. The summed E-state index contributed by atoms with van der Waals surface area (Å²) in [6.07, 6.45) is 1.72. The Kier molecular flexibility index (Phi) is 3.47. The molecule has 16 heavy (non-hydrogen) atoms. The minimum atomic E-state index is -0.639. The van der Waals surface area contributed by atoms with E-state index in [2.05, 4.69) is 5.32 Å². The number of carbonyl (C=O) groups is 1. The number of rotatable bonds is 3. The van der Waals surface area contributed by atoms with Crippen LogP contribution in [0.3, 0.4) is 0 Å². The molecule has 2 heterocycles. The molecule has 0 aromatic heterocycles. The van der Waals surface area contributed by atoms with Gasteiger partial charge in [0.2, 0.25) is 5.91 Å². The molecule has 2 aliphatic heterocycles. The molecule has 0 aromatic carbocycles. The first-order valence-electron chi connectivity index (χ1n) is 5.97. The van der Waals surface area contributed by atoms with Gasteiger partial charge >= 0.3 is 0 Å². The van der Waals surface area contributed by atoms with Gasteiger partial charge in [-0.1, -0.05) is 13.3 Å². The Morgan fingerprint density at radius 1 is 1.62 bits per heavy atom. The number of likely N-dealkylation sites (tertiary alicyclic amines) is 1. The van der Waals surface area contributed by atoms with Crippen LogP contribution in [-0.4, -0.2) is 60.4 Å². The molecule has 92 valence electrons. The number of nitrogens with zero attached hydrogens (tertiary/aromatic N) is 1. The Morgan fingerprint density at radius 3 is 2.94 bits per heavy atom. The van der Waals surface area contributed by atoms with Crippen LogP contribution in [0.5, 0.6) is 0 Å². The standard InChI is InChI=1S/C11H20N2O3/c1-2-3-11(15)7-13(8-11)10(14)9-6-16-5-4-12-9/h9,12,15H,2-8H2,1H3. The van der Waals surface area contributed by atoms with Crippen LogP contribution in [0.4, 0.5) is 0 Å². The third-order valence-corrected chi connectivity index (χ3v) is 3.22. The number of ether oxygens (including phenoxy) is 1. The third-order valence-electron chi connectivity index (χ3n) is 3.22. The van der Waals surface area contributed by atoms with Crippen molar-refractivity contribution in [2.45, 2.75) is 31.4 Å². The molecule has 0 aromatic rings. The molecule has 0 aliphatic carbocycles. The quantitative estimate of drug-likeness (QED) is 0.674. The lowest BCUT2D eigenvalue weighted by atomic mass is 9.89. The lowest BCUT2D eigenvalue weighted by molar-refractivity contribution is -0.161. The van der Waals surface area contributed by atoms with Crippen LogP contribution in [0, 0.1) is 0 Å². The average molecular weight is 228 g/mol.